The number of aromatic nitrogens is 1. The second kappa shape index (κ2) is 5.68. The predicted molar refractivity (Wildman–Crippen MR) is 81.9 cm³/mol. The van der Waals surface area contributed by atoms with Gasteiger partial charge in [-0.2, -0.15) is 5.26 Å². The van der Waals surface area contributed by atoms with E-state index in [-0.39, 0.29) is 0 Å². The highest BCUT2D eigenvalue weighted by Crippen LogP contribution is 2.24. The molecule has 0 saturated carbocycles. The summed E-state index contributed by atoms with van der Waals surface area (Å²) in [6, 6.07) is 15.8. The van der Waals surface area contributed by atoms with E-state index in [4.69, 9.17) is 4.42 Å². The highest BCUT2D eigenvalue weighted by atomic mass is 16.3. The monoisotopic (exact) mass is 277 g/mol. The molecule has 4 heteroatoms. The average molecular weight is 277 g/mol. The fraction of sp³-hybridized carbons (Fsp3) is 0.176. The van der Waals surface area contributed by atoms with Crippen molar-refractivity contribution >= 4 is 16.7 Å². The molecule has 2 aromatic heterocycles. The first-order valence-electron chi connectivity index (χ1n) is 6.89. The van der Waals surface area contributed by atoms with Crippen molar-refractivity contribution in [3.8, 4) is 6.07 Å². The van der Waals surface area contributed by atoms with Crippen molar-refractivity contribution < 1.29 is 4.42 Å². The molecule has 1 aromatic carbocycles. The Kier molecular flexibility index (Phi) is 3.57. The summed E-state index contributed by atoms with van der Waals surface area (Å²) in [5.74, 6) is 1.56. The maximum atomic E-state index is 9.41. The predicted octanol–water partition coefficient (Wildman–Crippen LogP) is 3.73. The van der Waals surface area contributed by atoms with E-state index in [0.717, 1.165) is 23.2 Å². The van der Waals surface area contributed by atoms with Gasteiger partial charge >= 0.3 is 0 Å². The first-order valence-corrected chi connectivity index (χ1v) is 6.89. The lowest BCUT2D eigenvalue weighted by atomic mass is 10.1. The molecule has 0 radical (unpaired) electrons. The van der Waals surface area contributed by atoms with Crippen LogP contribution in [0.1, 0.15) is 18.2 Å². The van der Waals surface area contributed by atoms with Gasteiger partial charge in [-0.05, 0) is 31.2 Å². The lowest BCUT2D eigenvalue weighted by molar-refractivity contribution is 0.503. The molecule has 3 aromatic rings. The molecule has 104 valence electrons. The van der Waals surface area contributed by atoms with Crippen molar-refractivity contribution in [1.29, 1.82) is 5.26 Å². The van der Waals surface area contributed by atoms with Gasteiger partial charge in [0.2, 0.25) is 0 Å². The molecule has 0 spiro atoms. The van der Waals surface area contributed by atoms with Gasteiger partial charge in [0, 0.05) is 11.9 Å². The zero-order valence-corrected chi connectivity index (χ0v) is 11.8. The summed E-state index contributed by atoms with van der Waals surface area (Å²) in [7, 11) is 0. The molecule has 0 N–H and O–H groups in total. The number of rotatable bonds is 4. The number of hydrogen-bond donors (Lipinski definition) is 0. The average Bonchev–Trinajstić information content (AvgIpc) is 3.04. The fourth-order valence-electron chi connectivity index (χ4n) is 2.36. The lowest BCUT2D eigenvalue weighted by Crippen LogP contribution is -2.23. The Hall–Kier alpha value is -2.80. The third-order valence-electron chi connectivity index (χ3n) is 3.43. The third-order valence-corrected chi connectivity index (χ3v) is 3.43. The Bertz CT molecular complexity index is 787. The lowest BCUT2D eigenvalue weighted by Gasteiger charge is -2.22. The number of nitrogens with zero attached hydrogens (tertiary/aromatic N) is 3. The van der Waals surface area contributed by atoms with Gasteiger partial charge in [-0.3, -0.25) is 0 Å². The van der Waals surface area contributed by atoms with E-state index >= 15 is 0 Å². The van der Waals surface area contributed by atoms with Gasteiger partial charge in [-0.25, -0.2) is 4.98 Å². The minimum Gasteiger partial charge on any atom is -0.467 e. The Morgan fingerprint density at radius 2 is 2.10 bits per heavy atom. The van der Waals surface area contributed by atoms with Crippen LogP contribution in [0.4, 0.5) is 5.82 Å². The molecule has 21 heavy (non-hydrogen) atoms. The summed E-state index contributed by atoms with van der Waals surface area (Å²) in [5.41, 5.74) is 1.48. The maximum absolute atomic E-state index is 9.41. The van der Waals surface area contributed by atoms with Crippen molar-refractivity contribution in [2.75, 3.05) is 11.4 Å². The molecule has 0 saturated heterocycles. The van der Waals surface area contributed by atoms with Crippen LogP contribution >= 0.6 is 0 Å². The third kappa shape index (κ3) is 2.59. The zero-order valence-electron chi connectivity index (χ0n) is 11.8. The molecule has 0 aliphatic carbocycles. The highest BCUT2D eigenvalue weighted by Gasteiger charge is 2.14. The molecule has 3 rings (SSSR count). The molecular weight excluding hydrogens is 262 g/mol. The quantitative estimate of drug-likeness (QED) is 0.729. The Labute approximate surface area is 123 Å². The molecule has 0 atom stereocenters. The summed E-state index contributed by atoms with van der Waals surface area (Å²) >= 11 is 0. The van der Waals surface area contributed by atoms with Crippen LogP contribution in [0.25, 0.3) is 10.9 Å². The number of hydrogen-bond acceptors (Lipinski definition) is 4. The fourth-order valence-corrected chi connectivity index (χ4v) is 2.36. The topological polar surface area (TPSA) is 53.1 Å². The van der Waals surface area contributed by atoms with Gasteiger partial charge in [0.05, 0.1) is 23.9 Å². The second-order valence-corrected chi connectivity index (χ2v) is 4.76. The van der Waals surface area contributed by atoms with Gasteiger partial charge in [-0.1, -0.05) is 18.2 Å². The van der Waals surface area contributed by atoms with Crippen LogP contribution < -0.4 is 4.90 Å². The number of nitriles is 1. The van der Waals surface area contributed by atoms with Crippen molar-refractivity contribution in [2.45, 2.75) is 13.5 Å². The van der Waals surface area contributed by atoms with Crippen LogP contribution in [0.5, 0.6) is 0 Å². The number of pyridine rings is 1. The molecule has 0 fully saturated rings. The van der Waals surface area contributed by atoms with Crippen LogP contribution in [-0.4, -0.2) is 11.5 Å². The van der Waals surface area contributed by atoms with Crippen LogP contribution in [0, 0.1) is 11.3 Å². The van der Waals surface area contributed by atoms with Crippen LogP contribution in [-0.2, 0) is 6.54 Å². The van der Waals surface area contributed by atoms with E-state index < -0.39 is 0 Å². The van der Waals surface area contributed by atoms with Crippen molar-refractivity contribution in [3.63, 3.8) is 0 Å². The van der Waals surface area contributed by atoms with Gasteiger partial charge in [0.1, 0.15) is 17.6 Å². The Morgan fingerprint density at radius 3 is 2.81 bits per heavy atom. The Balaban J connectivity index is 2.06. The smallest absolute Gasteiger partial charge is 0.147 e. The van der Waals surface area contributed by atoms with Crippen LogP contribution in [0.2, 0.25) is 0 Å². The van der Waals surface area contributed by atoms with Crippen molar-refractivity contribution in [1.82, 2.24) is 4.98 Å². The van der Waals surface area contributed by atoms with E-state index in [0.29, 0.717) is 17.9 Å². The number of benzene rings is 1. The van der Waals surface area contributed by atoms with Gasteiger partial charge in [0.25, 0.3) is 0 Å². The SMILES string of the molecule is CCN(Cc1ccco1)c1nc2ccccc2cc1C#N. The van der Waals surface area contributed by atoms with E-state index in [2.05, 4.69) is 11.1 Å². The highest BCUT2D eigenvalue weighted by molar-refractivity contribution is 5.83. The van der Waals surface area contributed by atoms with Gasteiger partial charge < -0.3 is 9.32 Å². The van der Waals surface area contributed by atoms with Crippen molar-refractivity contribution in [2.24, 2.45) is 0 Å². The molecule has 2 heterocycles. The first-order chi connectivity index (χ1) is 10.3. The van der Waals surface area contributed by atoms with Crippen molar-refractivity contribution in [3.05, 3.63) is 60.1 Å². The number of anilines is 1. The molecule has 4 nitrogen and oxygen atoms in total. The van der Waals surface area contributed by atoms with Crippen LogP contribution in [0.3, 0.4) is 0 Å². The summed E-state index contributed by atoms with van der Waals surface area (Å²) in [6.07, 6.45) is 1.65. The molecule has 0 bridgehead atoms. The molecule has 0 aliphatic heterocycles. The molecular formula is C17H15N3O. The first kappa shape index (κ1) is 13.2. The largest absolute Gasteiger partial charge is 0.467 e. The molecule has 0 amide bonds. The zero-order chi connectivity index (χ0) is 14.7. The molecule has 0 unspecified atom stereocenters. The van der Waals surface area contributed by atoms with E-state index in [1.807, 2.05) is 54.3 Å². The molecule has 0 aliphatic rings. The summed E-state index contributed by atoms with van der Waals surface area (Å²) in [4.78, 5) is 6.70. The maximum Gasteiger partial charge on any atom is 0.147 e. The summed E-state index contributed by atoms with van der Waals surface area (Å²) < 4.78 is 5.40. The summed E-state index contributed by atoms with van der Waals surface area (Å²) in [6.45, 7) is 3.39. The number of para-hydroxylation sites is 1. The van der Waals surface area contributed by atoms with Gasteiger partial charge in [-0.15, -0.1) is 0 Å². The van der Waals surface area contributed by atoms with Gasteiger partial charge in [0.15, 0.2) is 0 Å². The standard InChI is InChI=1S/C17H15N3O/c1-2-20(12-15-7-5-9-21-15)17-14(11-18)10-13-6-3-4-8-16(13)19-17/h3-10H,2,12H2,1H3. The minimum atomic E-state index is 0.585. The van der Waals surface area contributed by atoms with E-state index in [9.17, 15) is 5.26 Å². The minimum absolute atomic E-state index is 0.585. The summed E-state index contributed by atoms with van der Waals surface area (Å²) in [5, 5.41) is 10.4. The van der Waals surface area contributed by atoms with E-state index in [1.54, 1.807) is 6.26 Å². The van der Waals surface area contributed by atoms with E-state index in [1.165, 1.54) is 0 Å². The number of furan rings is 1. The van der Waals surface area contributed by atoms with Crippen LogP contribution in [0.15, 0.2) is 53.1 Å². The normalized spacial score (nSPS) is 10.5. The number of fused-ring (bicyclic) bond motifs is 1. The Morgan fingerprint density at radius 1 is 1.24 bits per heavy atom. The second-order valence-electron chi connectivity index (χ2n) is 4.76.